The van der Waals surface area contributed by atoms with Crippen molar-refractivity contribution in [2.75, 3.05) is 7.05 Å². The molecule has 0 saturated heterocycles. The standard InChI is InChI=1S/C7H6BrClFNO2S/c1-11-14(12,13)7-4(8)2-3-5(9)6(7)10/h2-3,11H,1H3. The fourth-order valence-electron chi connectivity index (χ4n) is 0.857. The van der Waals surface area contributed by atoms with E-state index in [9.17, 15) is 12.8 Å². The molecule has 0 aliphatic rings. The van der Waals surface area contributed by atoms with Crippen LogP contribution >= 0.6 is 27.5 Å². The smallest absolute Gasteiger partial charge is 0.214 e. The van der Waals surface area contributed by atoms with Crippen molar-refractivity contribution < 1.29 is 12.8 Å². The van der Waals surface area contributed by atoms with Crippen molar-refractivity contribution in [1.82, 2.24) is 4.72 Å². The summed E-state index contributed by atoms with van der Waals surface area (Å²) in [7, 11) is -2.64. The molecule has 78 valence electrons. The number of nitrogens with one attached hydrogen (secondary N) is 1. The summed E-state index contributed by atoms with van der Waals surface area (Å²) in [5.41, 5.74) is 0. The molecule has 0 aliphatic carbocycles. The minimum absolute atomic E-state index is 0.133. The number of benzene rings is 1. The van der Waals surface area contributed by atoms with Crippen LogP contribution in [0.15, 0.2) is 21.5 Å². The van der Waals surface area contributed by atoms with Gasteiger partial charge >= 0.3 is 0 Å². The average Bonchev–Trinajstić information content (AvgIpc) is 2.12. The quantitative estimate of drug-likeness (QED) is 0.851. The fourth-order valence-corrected chi connectivity index (χ4v) is 2.89. The first-order chi connectivity index (χ1) is 6.40. The van der Waals surface area contributed by atoms with Crippen LogP contribution in [0, 0.1) is 5.82 Å². The van der Waals surface area contributed by atoms with Gasteiger partial charge in [0.25, 0.3) is 0 Å². The van der Waals surface area contributed by atoms with Crippen molar-refractivity contribution >= 4 is 37.6 Å². The lowest BCUT2D eigenvalue weighted by molar-refractivity contribution is 0.560. The van der Waals surface area contributed by atoms with Gasteiger partial charge in [0.05, 0.1) is 5.02 Å². The maximum atomic E-state index is 13.4. The van der Waals surface area contributed by atoms with Gasteiger partial charge < -0.3 is 0 Å². The molecule has 0 amide bonds. The van der Waals surface area contributed by atoms with Crippen molar-refractivity contribution in [3.8, 4) is 0 Å². The van der Waals surface area contributed by atoms with E-state index in [0.29, 0.717) is 0 Å². The highest BCUT2D eigenvalue weighted by atomic mass is 79.9. The van der Waals surface area contributed by atoms with E-state index in [-0.39, 0.29) is 9.50 Å². The van der Waals surface area contributed by atoms with Crippen molar-refractivity contribution in [3.63, 3.8) is 0 Å². The van der Waals surface area contributed by atoms with Crippen LogP contribution in [0.2, 0.25) is 5.02 Å². The van der Waals surface area contributed by atoms with Crippen molar-refractivity contribution in [2.45, 2.75) is 4.90 Å². The normalized spacial score (nSPS) is 11.7. The Labute approximate surface area is 94.4 Å². The summed E-state index contributed by atoms with van der Waals surface area (Å²) >= 11 is 8.40. The first-order valence-corrected chi connectivity index (χ1v) is 6.12. The summed E-state index contributed by atoms with van der Waals surface area (Å²) in [6.45, 7) is 0. The summed E-state index contributed by atoms with van der Waals surface area (Å²) in [4.78, 5) is -0.479. The number of rotatable bonds is 2. The summed E-state index contributed by atoms with van der Waals surface area (Å²) in [6, 6.07) is 2.64. The molecule has 0 atom stereocenters. The van der Waals surface area contributed by atoms with E-state index in [2.05, 4.69) is 15.9 Å². The van der Waals surface area contributed by atoms with E-state index >= 15 is 0 Å². The monoisotopic (exact) mass is 301 g/mol. The van der Waals surface area contributed by atoms with Crippen LogP contribution in [0.4, 0.5) is 4.39 Å². The SMILES string of the molecule is CNS(=O)(=O)c1c(Br)ccc(Cl)c1F. The number of halogens is 3. The van der Waals surface area contributed by atoms with E-state index in [1.165, 1.54) is 19.2 Å². The molecule has 0 aromatic heterocycles. The van der Waals surface area contributed by atoms with Gasteiger partial charge in [-0.25, -0.2) is 17.5 Å². The minimum atomic E-state index is -3.84. The molecule has 0 heterocycles. The van der Waals surface area contributed by atoms with Crippen LogP contribution in [-0.2, 0) is 10.0 Å². The van der Waals surface area contributed by atoms with E-state index in [1.807, 2.05) is 4.72 Å². The lowest BCUT2D eigenvalue weighted by Gasteiger charge is -2.07. The van der Waals surface area contributed by atoms with Crippen LogP contribution in [0.1, 0.15) is 0 Å². The fraction of sp³-hybridized carbons (Fsp3) is 0.143. The Morgan fingerprint density at radius 3 is 2.57 bits per heavy atom. The zero-order valence-corrected chi connectivity index (χ0v) is 10.2. The maximum Gasteiger partial charge on any atom is 0.244 e. The zero-order chi connectivity index (χ0) is 10.9. The Morgan fingerprint density at radius 1 is 1.50 bits per heavy atom. The second kappa shape index (κ2) is 4.14. The highest BCUT2D eigenvalue weighted by Crippen LogP contribution is 2.29. The molecule has 0 radical (unpaired) electrons. The zero-order valence-electron chi connectivity index (χ0n) is 7.01. The van der Waals surface area contributed by atoms with E-state index in [4.69, 9.17) is 11.6 Å². The lowest BCUT2D eigenvalue weighted by Crippen LogP contribution is -2.20. The third-order valence-corrected chi connectivity index (χ3v) is 4.23. The van der Waals surface area contributed by atoms with Gasteiger partial charge in [0.2, 0.25) is 10.0 Å². The second-order valence-corrected chi connectivity index (χ2v) is 5.46. The molecule has 0 fully saturated rings. The summed E-state index contributed by atoms with van der Waals surface area (Å²) < 4.78 is 38.2. The predicted molar refractivity (Wildman–Crippen MR) is 55.4 cm³/mol. The Kier molecular flexibility index (Phi) is 3.52. The third kappa shape index (κ3) is 2.08. The molecule has 7 heteroatoms. The largest absolute Gasteiger partial charge is 0.244 e. The van der Waals surface area contributed by atoms with Crippen LogP contribution in [0.3, 0.4) is 0 Å². The summed E-state index contributed by atoms with van der Waals surface area (Å²) in [6.07, 6.45) is 0. The molecule has 0 spiro atoms. The molecule has 0 bridgehead atoms. The van der Waals surface area contributed by atoms with Gasteiger partial charge in [0.15, 0.2) is 5.82 Å². The predicted octanol–water partition coefficient (Wildman–Crippen LogP) is 2.15. The molecule has 1 aromatic carbocycles. The van der Waals surface area contributed by atoms with E-state index in [0.717, 1.165) is 0 Å². The molecule has 0 saturated carbocycles. The van der Waals surface area contributed by atoms with Gasteiger partial charge in [-0.1, -0.05) is 11.6 Å². The molecule has 3 nitrogen and oxygen atoms in total. The molecule has 0 aliphatic heterocycles. The van der Waals surface area contributed by atoms with Crippen molar-refractivity contribution in [1.29, 1.82) is 0 Å². The topological polar surface area (TPSA) is 46.2 Å². The van der Waals surface area contributed by atoms with Gasteiger partial charge in [0, 0.05) is 4.47 Å². The molecule has 14 heavy (non-hydrogen) atoms. The molecule has 0 unspecified atom stereocenters. The highest BCUT2D eigenvalue weighted by molar-refractivity contribution is 9.10. The van der Waals surface area contributed by atoms with E-state index in [1.54, 1.807) is 0 Å². The highest BCUT2D eigenvalue weighted by Gasteiger charge is 2.22. The van der Waals surface area contributed by atoms with Crippen LogP contribution in [0.25, 0.3) is 0 Å². The minimum Gasteiger partial charge on any atom is -0.214 e. The molecular formula is C7H6BrClFNO2S. The maximum absolute atomic E-state index is 13.4. The third-order valence-electron chi connectivity index (χ3n) is 1.54. The molecule has 1 rings (SSSR count). The molecular weight excluding hydrogens is 297 g/mol. The van der Waals surface area contributed by atoms with Crippen LogP contribution < -0.4 is 4.72 Å². The Hall–Kier alpha value is -0.170. The van der Waals surface area contributed by atoms with Gasteiger partial charge in [-0.3, -0.25) is 0 Å². The van der Waals surface area contributed by atoms with Crippen LogP contribution in [-0.4, -0.2) is 15.5 Å². The number of sulfonamides is 1. The second-order valence-electron chi connectivity index (χ2n) is 2.38. The Bertz CT molecular complexity index is 463. The first-order valence-electron chi connectivity index (χ1n) is 3.47. The average molecular weight is 303 g/mol. The Morgan fingerprint density at radius 2 is 2.07 bits per heavy atom. The van der Waals surface area contributed by atoms with Gasteiger partial charge in [-0.2, -0.15) is 0 Å². The lowest BCUT2D eigenvalue weighted by atomic mass is 10.3. The van der Waals surface area contributed by atoms with Gasteiger partial charge in [0.1, 0.15) is 4.90 Å². The van der Waals surface area contributed by atoms with Gasteiger partial charge in [-0.15, -0.1) is 0 Å². The summed E-state index contributed by atoms with van der Waals surface area (Å²) in [5, 5.41) is -0.234. The van der Waals surface area contributed by atoms with Gasteiger partial charge in [-0.05, 0) is 35.1 Å². The van der Waals surface area contributed by atoms with Crippen LogP contribution in [0.5, 0.6) is 0 Å². The Balaban J connectivity index is 3.56. The molecule has 1 N–H and O–H groups in total. The first kappa shape index (κ1) is 11.9. The number of hydrogen-bond acceptors (Lipinski definition) is 2. The number of hydrogen-bond donors (Lipinski definition) is 1. The molecule has 1 aromatic rings. The van der Waals surface area contributed by atoms with Crippen molar-refractivity contribution in [3.05, 3.63) is 27.4 Å². The summed E-state index contributed by atoms with van der Waals surface area (Å²) in [5.74, 6) is -0.963. The van der Waals surface area contributed by atoms with Crippen molar-refractivity contribution in [2.24, 2.45) is 0 Å². The van der Waals surface area contributed by atoms with E-state index < -0.39 is 20.7 Å².